The summed E-state index contributed by atoms with van der Waals surface area (Å²) in [6, 6.07) is 12.5. The molecule has 0 spiro atoms. The minimum Gasteiger partial charge on any atom is -0.289 e. The van der Waals surface area contributed by atoms with E-state index in [0.717, 1.165) is 10.0 Å². The third-order valence-electron chi connectivity index (χ3n) is 2.52. The van der Waals surface area contributed by atoms with Gasteiger partial charge in [0, 0.05) is 15.1 Å². The second kappa shape index (κ2) is 6.38. The highest BCUT2D eigenvalue weighted by Crippen LogP contribution is 2.22. The van der Waals surface area contributed by atoms with Gasteiger partial charge in [0.1, 0.15) is 0 Å². The normalized spacial score (nSPS) is 10.9. The van der Waals surface area contributed by atoms with Gasteiger partial charge in [0.15, 0.2) is 5.78 Å². The topological polar surface area (TPSA) is 17.1 Å². The SMILES string of the molecule is O=C(/C=C/c1ccccc1Br)c1ccc(Cl)cc1Cl. The first kappa shape index (κ1) is 14.3. The number of hydrogen-bond donors (Lipinski definition) is 0. The maximum Gasteiger partial charge on any atom is 0.187 e. The Morgan fingerprint density at radius 1 is 1.11 bits per heavy atom. The van der Waals surface area contributed by atoms with Crippen molar-refractivity contribution in [2.45, 2.75) is 0 Å². The Labute approximate surface area is 130 Å². The first-order valence-electron chi connectivity index (χ1n) is 5.50. The minimum atomic E-state index is -0.155. The van der Waals surface area contributed by atoms with Crippen LogP contribution in [-0.2, 0) is 0 Å². The van der Waals surface area contributed by atoms with Crippen molar-refractivity contribution in [1.82, 2.24) is 0 Å². The smallest absolute Gasteiger partial charge is 0.187 e. The molecule has 0 unspecified atom stereocenters. The molecular weight excluding hydrogens is 347 g/mol. The summed E-state index contributed by atoms with van der Waals surface area (Å²) in [4.78, 5) is 12.0. The number of carbonyl (C=O) groups excluding carboxylic acids is 1. The van der Waals surface area contributed by atoms with E-state index in [0.29, 0.717) is 15.6 Å². The summed E-state index contributed by atoms with van der Waals surface area (Å²) >= 11 is 15.2. The molecule has 1 nitrogen and oxygen atoms in total. The van der Waals surface area contributed by atoms with Crippen molar-refractivity contribution >= 4 is 51.0 Å². The minimum absolute atomic E-state index is 0.155. The zero-order valence-corrected chi connectivity index (χ0v) is 12.8. The first-order valence-corrected chi connectivity index (χ1v) is 7.05. The highest BCUT2D eigenvalue weighted by molar-refractivity contribution is 9.10. The molecule has 0 heterocycles. The van der Waals surface area contributed by atoms with Crippen LogP contribution in [0.15, 0.2) is 53.0 Å². The second-order valence-corrected chi connectivity index (χ2v) is 5.54. The first-order chi connectivity index (χ1) is 9.08. The van der Waals surface area contributed by atoms with E-state index in [1.54, 1.807) is 24.3 Å². The van der Waals surface area contributed by atoms with Crippen LogP contribution in [0.4, 0.5) is 0 Å². The summed E-state index contributed by atoms with van der Waals surface area (Å²) in [5.41, 5.74) is 1.37. The number of ketones is 1. The molecule has 4 heteroatoms. The number of benzene rings is 2. The van der Waals surface area contributed by atoms with E-state index in [1.807, 2.05) is 24.3 Å². The van der Waals surface area contributed by atoms with E-state index in [9.17, 15) is 4.79 Å². The molecule has 2 aromatic carbocycles. The van der Waals surface area contributed by atoms with Crippen LogP contribution in [-0.4, -0.2) is 5.78 Å². The van der Waals surface area contributed by atoms with Crippen LogP contribution < -0.4 is 0 Å². The fourth-order valence-electron chi connectivity index (χ4n) is 1.55. The third kappa shape index (κ3) is 3.69. The second-order valence-electron chi connectivity index (χ2n) is 3.84. The van der Waals surface area contributed by atoms with Crippen LogP contribution >= 0.6 is 39.1 Å². The van der Waals surface area contributed by atoms with E-state index >= 15 is 0 Å². The van der Waals surface area contributed by atoms with Gasteiger partial charge in [-0.2, -0.15) is 0 Å². The highest BCUT2D eigenvalue weighted by Gasteiger charge is 2.07. The lowest BCUT2D eigenvalue weighted by Crippen LogP contribution is -1.95. The fourth-order valence-corrected chi connectivity index (χ4v) is 2.47. The number of rotatable bonds is 3. The average molecular weight is 356 g/mol. The molecule has 0 radical (unpaired) electrons. The molecule has 0 aliphatic rings. The van der Waals surface area contributed by atoms with Gasteiger partial charge in [0.05, 0.1) is 5.02 Å². The zero-order valence-electron chi connectivity index (χ0n) is 9.74. The van der Waals surface area contributed by atoms with E-state index in [4.69, 9.17) is 23.2 Å². The summed E-state index contributed by atoms with van der Waals surface area (Å²) in [5, 5.41) is 0.866. The number of carbonyl (C=O) groups is 1. The van der Waals surface area contributed by atoms with Gasteiger partial charge in [0.25, 0.3) is 0 Å². The van der Waals surface area contributed by atoms with Crippen LogP contribution in [0.2, 0.25) is 10.0 Å². The number of hydrogen-bond acceptors (Lipinski definition) is 1. The van der Waals surface area contributed by atoms with Crippen LogP contribution in [0, 0.1) is 0 Å². The Kier molecular flexibility index (Phi) is 4.81. The van der Waals surface area contributed by atoms with Gasteiger partial charge in [-0.25, -0.2) is 0 Å². The Morgan fingerprint density at radius 2 is 1.84 bits per heavy atom. The maximum atomic E-state index is 12.0. The van der Waals surface area contributed by atoms with Crippen molar-refractivity contribution in [1.29, 1.82) is 0 Å². The van der Waals surface area contributed by atoms with Gasteiger partial charge in [-0.05, 0) is 42.0 Å². The quantitative estimate of drug-likeness (QED) is 0.513. The molecule has 0 aliphatic heterocycles. The van der Waals surface area contributed by atoms with Gasteiger partial charge < -0.3 is 0 Å². The Morgan fingerprint density at radius 3 is 2.53 bits per heavy atom. The Balaban J connectivity index is 2.24. The van der Waals surface area contributed by atoms with Crippen molar-refractivity contribution < 1.29 is 4.79 Å². The van der Waals surface area contributed by atoms with Crippen LogP contribution in [0.1, 0.15) is 15.9 Å². The molecule has 0 atom stereocenters. The molecule has 0 amide bonds. The fraction of sp³-hybridized carbons (Fsp3) is 0. The molecule has 0 saturated carbocycles. The summed E-state index contributed by atoms with van der Waals surface area (Å²) in [6.45, 7) is 0. The lowest BCUT2D eigenvalue weighted by atomic mass is 10.1. The number of allylic oxidation sites excluding steroid dienone is 1. The maximum absolute atomic E-state index is 12.0. The van der Waals surface area contributed by atoms with Crippen LogP contribution in [0.5, 0.6) is 0 Å². The van der Waals surface area contributed by atoms with Gasteiger partial charge in [-0.1, -0.05) is 57.3 Å². The molecule has 0 fully saturated rings. The Bertz CT molecular complexity index is 650. The molecule has 0 bridgehead atoms. The predicted molar refractivity (Wildman–Crippen MR) is 84.0 cm³/mol. The van der Waals surface area contributed by atoms with Crippen molar-refractivity contribution in [2.75, 3.05) is 0 Å². The van der Waals surface area contributed by atoms with Crippen molar-refractivity contribution in [3.63, 3.8) is 0 Å². The molecule has 96 valence electrons. The largest absolute Gasteiger partial charge is 0.289 e. The van der Waals surface area contributed by atoms with Crippen molar-refractivity contribution in [2.24, 2.45) is 0 Å². The lowest BCUT2D eigenvalue weighted by molar-refractivity contribution is 0.104. The molecule has 0 aliphatic carbocycles. The summed E-state index contributed by atoms with van der Waals surface area (Å²) in [7, 11) is 0. The molecule has 2 aromatic rings. The van der Waals surface area contributed by atoms with E-state index in [2.05, 4.69) is 15.9 Å². The van der Waals surface area contributed by atoms with E-state index in [1.165, 1.54) is 6.08 Å². The lowest BCUT2D eigenvalue weighted by Gasteiger charge is -2.01. The van der Waals surface area contributed by atoms with E-state index in [-0.39, 0.29) is 5.78 Å². The molecule has 0 saturated heterocycles. The van der Waals surface area contributed by atoms with E-state index < -0.39 is 0 Å². The molecular formula is C15H9BrCl2O. The predicted octanol–water partition coefficient (Wildman–Crippen LogP) is 5.65. The highest BCUT2D eigenvalue weighted by atomic mass is 79.9. The molecule has 2 rings (SSSR count). The van der Waals surface area contributed by atoms with Crippen LogP contribution in [0.3, 0.4) is 0 Å². The van der Waals surface area contributed by atoms with Gasteiger partial charge in [-0.3, -0.25) is 4.79 Å². The van der Waals surface area contributed by atoms with Crippen LogP contribution in [0.25, 0.3) is 6.08 Å². The standard InChI is InChI=1S/C15H9BrCl2O/c16-13-4-2-1-3-10(13)5-8-15(19)12-7-6-11(17)9-14(12)18/h1-9H/b8-5+. The number of halogens is 3. The third-order valence-corrected chi connectivity index (χ3v) is 3.79. The summed E-state index contributed by atoms with van der Waals surface area (Å²) in [6.07, 6.45) is 3.24. The van der Waals surface area contributed by atoms with Crippen molar-refractivity contribution in [3.8, 4) is 0 Å². The molecule has 0 aromatic heterocycles. The molecule has 0 N–H and O–H groups in total. The van der Waals surface area contributed by atoms with Crippen molar-refractivity contribution in [3.05, 3.63) is 74.2 Å². The molecule has 19 heavy (non-hydrogen) atoms. The van der Waals surface area contributed by atoms with Gasteiger partial charge >= 0.3 is 0 Å². The summed E-state index contributed by atoms with van der Waals surface area (Å²) in [5.74, 6) is -0.155. The Hall–Kier alpha value is -1.09. The van der Waals surface area contributed by atoms with Gasteiger partial charge in [0.2, 0.25) is 0 Å². The monoisotopic (exact) mass is 354 g/mol. The van der Waals surface area contributed by atoms with Gasteiger partial charge in [-0.15, -0.1) is 0 Å². The summed E-state index contributed by atoms with van der Waals surface area (Å²) < 4.78 is 0.932. The zero-order chi connectivity index (χ0) is 13.8. The average Bonchev–Trinajstić information content (AvgIpc) is 2.37.